The van der Waals surface area contributed by atoms with E-state index in [0.717, 1.165) is 49.8 Å². The molecule has 19 heavy (non-hydrogen) atoms. The van der Waals surface area contributed by atoms with Crippen molar-refractivity contribution in [2.24, 2.45) is 0 Å². The molecule has 4 heteroatoms. The lowest BCUT2D eigenvalue weighted by molar-refractivity contribution is 0.232. The average molecular weight is 264 g/mol. The van der Waals surface area contributed by atoms with Crippen molar-refractivity contribution in [2.45, 2.75) is 20.4 Å². The summed E-state index contributed by atoms with van der Waals surface area (Å²) in [6.07, 6.45) is 0. The van der Waals surface area contributed by atoms with E-state index in [-0.39, 0.29) is 0 Å². The number of methoxy groups -OCH3 is 2. The molecule has 1 fully saturated rings. The third kappa shape index (κ3) is 3.01. The van der Waals surface area contributed by atoms with Gasteiger partial charge in [0.05, 0.1) is 14.2 Å². The van der Waals surface area contributed by atoms with Gasteiger partial charge in [-0.2, -0.15) is 0 Å². The molecule has 106 valence electrons. The van der Waals surface area contributed by atoms with Crippen LogP contribution in [-0.4, -0.2) is 45.3 Å². The lowest BCUT2D eigenvalue weighted by Crippen LogP contribution is -2.43. The Morgan fingerprint density at radius 3 is 2.32 bits per heavy atom. The summed E-state index contributed by atoms with van der Waals surface area (Å²) in [6, 6.07) is 2.22. The molecule has 0 amide bonds. The van der Waals surface area contributed by atoms with Gasteiger partial charge in [0, 0.05) is 32.7 Å². The first-order chi connectivity index (χ1) is 9.17. The Morgan fingerprint density at radius 1 is 1.11 bits per heavy atom. The zero-order valence-corrected chi connectivity index (χ0v) is 12.4. The highest BCUT2D eigenvalue weighted by molar-refractivity contribution is 5.54. The molecule has 1 aromatic carbocycles. The van der Waals surface area contributed by atoms with Crippen LogP contribution in [0.1, 0.15) is 16.7 Å². The summed E-state index contributed by atoms with van der Waals surface area (Å²) in [6.45, 7) is 9.52. The Kier molecular flexibility index (Phi) is 4.66. The van der Waals surface area contributed by atoms with Gasteiger partial charge in [-0.1, -0.05) is 6.07 Å². The van der Waals surface area contributed by atoms with Crippen molar-refractivity contribution >= 4 is 0 Å². The van der Waals surface area contributed by atoms with Crippen molar-refractivity contribution in [3.8, 4) is 11.5 Å². The summed E-state index contributed by atoms with van der Waals surface area (Å²) < 4.78 is 11.0. The van der Waals surface area contributed by atoms with Gasteiger partial charge in [0.2, 0.25) is 0 Å². The number of aryl methyl sites for hydroxylation is 1. The zero-order valence-electron chi connectivity index (χ0n) is 12.4. The molecule has 0 aliphatic carbocycles. The fourth-order valence-electron chi connectivity index (χ4n) is 2.70. The predicted octanol–water partition coefficient (Wildman–Crippen LogP) is 1.73. The van der Waals surface area contributed by atoms with Gasteiger partial charge in [0.25, 0.3) is 0 Å². The number of ether oxygens (including phenoxy) is 2. The third-order valence-corrected chi connectivity index (χ3v) is 3.79. The van der Waals surface area contributed by atoms with Crippen molar-refractivity contribution in [2.75, 3.05) is 40.4 Å². The van der Waals surface area contributed by atoms with E-state index in [1.807, 2.05) is 0 Å². The summed E-state index contributed by atoms with van der Waals surface area (Å²) in [5.74, 6) is 1.72. The Balaban J connectivity index is 2.27. The molecule has 1 aromatic rings. The Bertz CT molecular complexity index is 440. The molecule has 0 unspecified atom stereocenters. The molecule has 4 nitrogen and oxygen atoms in total. The van der Waals surface area contributed by atoms with Gasteiger partial charge in [-0.3, -0.25) is 4.90 Å². The SMILES string of the molecule is COc1c(C)cc(CN2CCNCC2)c(C)c1OC. The van der Waals surface area contributed by atoms with Gasteiger partial charge in [-0.15, -0.1) is 0 Å². The zero-order chi connectivity index (χ0) is 13.8. The molecule has 1 heterocycles. The van der Waals surface area contributed by atoms with E-state index >= 15 is 0 Å². The number of nitrogens with one attached hydrogen (secondary N) is 1. The molecule has 1 aliphatic heterocycles. The summed E-state index contributed by atoms with van der Waals surface area (Å²) >= 11 is 0. The maximum absolute atomic E-state index is 5.52. The number of rotatable bonds is 4. The van der Waals surface area contributed by atoms with Crippen LogP contribution in [0.15, 0.2) is 6.07 Å². The molecule has 0 spiro atoms. The second kappa shape index (κ2) is 6.26. The topological polar surface area (TPSA) is 33.7 Å². The van der Waals surface area contributed by atoms with Crippen molar-refractivity contribution in [1.29, 1.82) is 0 Å². The van der Waals surface area contributed by atoms with Crippen LogP contribution >= 0.6 is 0 Å². The Morgan fingerprint density at radius 2 is 1.74 bits per heavy atom. The number of hydrogen-bond acceptors (Lipinski definition) is 4. The van der Waals surface area contributed by atoms with Crippen molar-refractivity contribution in [3.63, 3.8) is 0 Å². The highest BCUT2D eigenvalue weighted by Crippen LogP contribution is 2.36. The molecule has 1 aliphatic rings. The van der Waals surface area contributed by atoms with E-state index in [9.17, 15) is 0 Å². The molecule has 1 saturated heterocycles. The molecular weight excluding hydrogens is 240 g/mol. The molecule has 1 N–H and O–H groups in total. The van der Waals surface area contributed by atoms with E-state index in [2.05, 4.69) is 30.1 Å². The predicted molar refractivity (Wildman–Crippen MR) is 77.2 cm³/mol. The first-order valence-corrected chi connectivity index (χ1v) is 6.81. The van der Waals surface area contributed by atoms with Crippen LogP contribution in [0.2, 0.25) is 0 Å². The second-order valence-electron chi connectivity index (χ2n) is 5.07. The minimum absolute atomic E-state index is 0.851. The Labute approximate surface area is 115 Å². The lowest BCUT2D eigenvalue weighted by Gasteiger charge is -2.28. The van der Waals surface area contributed by atoms with Gasteiger partial charge in [0.1, 0.15) is 0 Å². The summed E-state index contributed by atoms with van der Waals surface area (Å²) in [7, 11) is 3.40. The quantitative estimate of drug-likeness (QED) is 0.898. The van der Waals surface area contributed by atoms with Crippen LogP contribution < -0.4 is 14.8 Å². The summed E-state index contributed by atoms with van der Waals surface area (Å²) in [5.41, 5.74) is 3.65. The van der Waals surface area contributed by atoms with Crippen LogP contribution in [0.5, 0.6) is 11.5 Å². The molecule has 2 rings (SSSR count). The van der Waals surface area contributed by atoms with E-state index in [1.54, 1.807) is 14.2 Å². The average Bonchev–Trinajstić information content (AvgIpc) is 2.43. The van der Waals surface area contributed by atoms with Gasteiger partial charge in [0.15, 0.2) is 11.5 Å². The highest BCUT2D eigenvalue weighted by Gasteiger charge is 2.17. The lowest BCUT2D eigenvalue weighted by atomic mass is 10.0. The molecule has 0 atom stereocenters. The van der Waals surface area contributed by atoms with E-state index in [4.69, 9.17) is 9.47 Å². The number of nitrogens with zero attached hydrogens (tertiary/aromatic N) is 1. The monoisotopic (exact) mass is 264 g/mol. The van der Waals surface area contributed by atoms with E-state index in [1.165, 1.54) is 11.1 Å². The first kappa shape index (κ1) is 14.2. The normalized spacial score (nSPS) is 16.4. The van der Waals surface area contributed by atoms with Crippen LogP contribution in [0.25, 0.3) is 0 Å². The van der Waals surface area contributed by atoms with Gasteiger partial charge < -0.3 is 14.8 Å². The third-order valence-electron chi connectivity index (χ3n) is 3.79. The van der Waals surface area contributed by atoms with Crippen LogP contribution in [0.4, 0.5) is 0 Å². The highest BCUT2D eigenvalue weighted by atomic mass is 16.5. The summed E-state index contributed by atoms with van der Waals surface area (Å²) in [4.78, 5) is 2.48. The van der Waals surface area contributed by atoms with Gasteiger partial charge in [-0.25, -0.2) is 0 Å². The van der Waals surface area contributed by atoms with E-state index in [0.29, 0.717) is 0 Å². The Hall–Kier alpha value is -1.26. The minimum atomic E-state index is 0.851. The van der Waals surface area contributed by atoms with Crippen molar-refractivity contribution in [1.82, 2.24) is 10.2 Å². The number of hydrogen-bond donors (Lipinski definition) is 1. The second-order valence-corrected chi connectivity index (χ2v) is 5.07. The van der Waals surface area contributed by atoms with E-state index < -0.39 is 0 Å². The number of piperazine rings is 1. The molecule has 0 radical (unpaired) electrons. The minimum Gasteiger partial charge on any atom is -0.493 e. The molecule has 0 aromatic heterocycles. The smallest absolute Gasteiger partial charge is 0.164 e. The fourth-order valence-corrected chi connectivity index (χ4v) is 2.70. The molecular formula is C15H24N2O2. The number of benzene rings is 1. The van der Waals surface area contributed by atoms with Crippen LogP contribution in [0, 0.1) is 13.8 Å². The van der Waals surface area contributed by atoms with Gasteiger partial charge >= 0.3 is 0 Å². The largest absolute Gasteiger partial charge is 0.493 e. The summed E-state index contributed by atoms with van der Waals surface area (Å²) in [5, 5.41) is 3.38. The van der Waals surface area contributed by atoms with Crippen LogP contribution in [-0.2, 0) is 6.54 Å². The van der Waals surface area contributed by atoms with Crippen molar-refractivity contribution < 1.29 is 9.47 Å². The maximum atomic E-state index is 5.52. The maximum Gasteiger partial charge on any atom is 0.164 e. The standard InChI is InChI=1S/C15H24N2O2/c1-11-9-13(10-17-7-5-16-6-8-17)12(2)15(19-4)14(11)18-3/h9,16H,5-8,10H2,1-4H3. The fraction of sp³-hybridized carbons (Fsp3) is 0.600. The molecule has 0 saturated carbocycles. The van der Waals surface area contributed by atoms with Crippen LogP contribution in [0.3, 0.4) is 0 Å². The molecule has 0 bridgehead atoms. The van der Waals surface area contributed by atoms with Crippen molar-refractivity contribution in [3.05, 3.63) is 22.8 Å². The van der Waals surface area contributed by atoms with Gasteiger partial charge in [-0.05, 0) is 30.5 Å². The first-order valence-electron chi connectivity index (χ1n) is 6.81.